The van der Waals surface area contributed by atoms with E-state index in [1.807, 2.05) is 37.3 Å². The SMILES string of the molecule is Cc1ccccc1/C(Cl)=N/N=C(\C#N)c1ccccc1Cl. The Bertz CT molecular complexity index is 758. The zero-order valence-electron chi connectivity index (χ0n) is 11.2. The molecule has 0 unspecified atom stereocenters. The minimum Gasteiger partial charge on any atom is -0.191 e. The van der Waals surface area contributed by atoms with Crippen LogP contribution in [0, 0.1) is 18.3 Å². The number of aryl methyl sites for hydroxylation is 1. The van der Waals surface area contributed by atoms with Crippen molar-refractivity contribution in [1.29, 1.82) is 5.26 Å². The number of hydrogen-bond donors (Lipinski definition) is 0. The predicted molar refractivity (Wildman–Crippen MR) is 87.2 cm³/mol. The lowest BCUT2D eigenvalue weighted by Crippen LogP contribution is -1.99. The fourth-order valence-corrected chi connectivity index (χ4v) is 2.22. The summed E-state index contributed by atoms with van der Waals surface area (Å²) in [6.45, 7) is 1.93. The van der Waals surface area contributed by atoms with Gasteiger partial charge >= 0.3 is 0 Å². The van der Waals surface area contributed by atoms with Crippen LogP contribution in [0.15, 0.2) is 58.7 Å². The lowest BCUT2D eigenvalue weighted by atomic mass is 10.1. The molecule has 0 saturated heterocycles. The largest absolute Gasteiger partial charge is 0.191 e. The van der Waals surface area contributed by atoms with Crippen LogP contribution in [0.25, 0.3) is 0 Å². The van der Waals surface area contributed by atoms with Gasteiger partial charge in [0.2, 0.25) is 0 Å². The third-order valence-electron chi connectivity index (χ3n) is 2.84. The Hall–Kier alpha value is -2.15. The highest BCUT2D eigenvalue weighted by Crippen LogP contribution is 2.16. The smallest absolute Gasteiger partial charge is 0.171 e. The zero-order valence-corrected chi connectivity index (χ0v) is 12.7. The zero-order chi connectivity index (χ0) is 15.2. The Labute approximate surface area is 133 Å². The minimum absolute atomic E-state index is 0.118. The summed E-state index contributed by atoms with van der Waals surface area (Å²) < 4.78 is 0. The van der Waals surface area contributed by atoms with Crippen molar-refractivity contribution in [2.45, 2.75) is 6.92 Å². The van der Waals surface area contributed by atoms with Gasteiger partial charge in [-0.2, -0.15) is 5.26 Å². The van der Waals surface area contributed by atoms with Crippen LogP contribution in [0.2, 0.25) is 5.02 Å². The summed E-state index contributed by atoms with van der Waals surface area (Å²) in [5, 5.41) is 17.7. The van der Waals surface area contributed by atoms with E-state index in [9.17, 15) is 5.26 Å². The molecule has 0 amide bonds. The highest BCUT2D eigenvalue weighted by molar-refractivity contribution is 6.69. The first-order chi connectivity index (χ1) is 10.1. The van der Waals surface area contributed by atoms with Gasteiger partial charge in [0.1, 0.15) is 6.07 Å². The van der Waals surface area contributed by atoms with Crippen LogP contribution in [0.4, 0.5) is 0 Å². The van der Waals surface area contributed by atoms with Gasteiger partial charge in [-0.3, -0.25) is 0 Å². The summed E-state index contributed by atoms with van der Waals surface area (Å²) in [4.78, 5) is 0. The fourth-order valence-electron chi connectivity index (χ4n) is 1.74. The molecule has 0 radical (unpaired) electrons. The minimum atomic E-state index is 0.118. The molecule has 3 nitrogen and oxygen atoms in total. The summed E-state index contributed by atoms with van der Waals surface area (Å²) in [5.41, 5.74) is 2.41. The maximum atomic E-state index is 9.19. The summed E-state index contributed by atoms with van der Waals surface area (Å²) in [6.07, 6.45) is 0. The molecule has 21 heavy (non-hydrogen) atoms. The summed E-state index contributed by atoms with van der Waals surface area (Å²) in [5.74, 6) is 0. The van der Waals surface area contributed by atoms with Crippen LogP contribution in [-0.2, 0) is 0 Å². The molecule has 0 fully saturated rings. The van der Waals surface area contributed by atoms with Gasteiger partial charge in [-0.25, -0.2) is 0 Å². The number of nitrogens with zero attached hydrogens (tertiary/aromatic N) is 3. The molecular formula is C16H11Cl2N3. The van der Waals surface area contributed by atoms with Crippen molar-refractivity contribution < 1.29 is 0 Å². The van der Waals surface area contributed by atoms with E-state index >= 15 is 0 Å². The van der Waals surface area contributed by atoms with E-state index in [1.54, 1.807) is 24.3 Å². The van der Waals surface area contributed by atoms with Gasteiger partial charge in [0.15, 0.2) is 10.9 Å². The Balaban J connectivity index is 2.39. The molecule has 0 aliphatic rings. The van der Waals surface area contributed by atoms with Crippen molar-refractivity contribution >= 4 is 34.1 Å². The molecule has 0 heterocycles. The highest BCUT2D eigenvalue weighted by Gasteiger charge is 2.08. The van der Waals surface area contributed by atoms with E-state index in [2.05, 4.69) is 10.2 Å². The standard InChI is InChI=1S/C16H11Cl2N3/c1-11-6-2-3-7-12(11)16(18)21-20-15(10-19)13-8-4-5-9-14(13)17/h2-9H,1H3/b20-15+,21-16-. The molecule has 0 bridgehead atoms. The quantitative estimate of drug-likeness (QED) is 0.605. The van der Waals surface area contributed by atoms with Crippen LogP contribution < -0.4 is 0 Å². The van der Waals surface area contributed by atoms with Crippen LogP contribution >= 0.6 is 23.2 Å². The first-order valence-electron chi connectivity index (χ1n) is 6.15. The average molecular weight is 316 g/mol. The molecule has 104 valence electrons. The van der Waals surface area contributed by atoms with Crippen molar-refractivity contribution in [3.63, 3.8) is 0 Å². The van der Waals surface area contributed by atoms with Crippen molar-refractivity contribution in [1.82, 2.24) is 0 Å². The Morgan fingerprint density at radius 3 is 2.24 bits per heavy atom. The molecule has 0 aliphatic heterocycles. The number of hydrogen-bond acceptors (Lipinski definition) is 3. The van der Waals surface area contributed by atoms with Gasteiger partial charge < -0.3 is 0 Å². The Kier molecular flexibility index (Phi) is 5.10. The van der Waals surface area contributed by atoms with Crippen molar-refractivity contribution in [3.05, 3.63) is 70.2 Å². The van der Waals surface area contributed by atoms with Gasteiger partial charge in [0.05, 0.1) is 5.02 Å². The summed E-state index contributed by atoms with van der Waals surface area (Å²) >= 11 is 12.2. The molecule has 0 N–H and O–H groups in total. The second-order valence-electron chi connectivity index (χ2n) is 4.25. The lowest BCUT2D eigenvalue weighted by Gasteiger charge is -2.02. The van der Waals surface area contributed by atoms with Gasteiger partial charge in [-0.15, -0.1) is 10.2 Å². The normalized spacial score (nSPS) is 12.1. The molecule has 0 spiro atoms. The Morgan fingerprint density at radius 1 is 1.00 bits per heavy atom. The van der Waals surface area contributed by atoms with E-state index in [1.165, 1.54) is 0 Å². The van der Waals surface area contributed by atoms with Crippen molar-refractivity contribution in [2.24, 2.45) is 10.2 Å². The monoisotopic (exact) mass is 315 g/mol. The second-order valence-corrected chi connectivity index (χ2v) is 5.01. The number of rotatable bonds is 3. The summed E-state index contributed by atoms with van der Waals surface area (Å²) in [6, 6.07) is 16.5. The molecule has 0 aromatic heterocycles. The first-order valence-corrected chi connectivity index (χ1v) is 6.91. The fraction of sp³-hybridized carbons (Fsp3) is 0.0625. The Morgan fingerprint density at radius 2 is 1.62 bits per heavy atom. The number of halogens is 2. The van der Waals surface area contributed by atoms with Crippen LogP contribution in [0.1, 0.15) is 16.7 Å². The molecule has 2 rings (SSSR count). The third kappa shape index (κ3) is 3.69. The van der Waals surface area contributed by atoms with E-state index < -0.39 is 0 Å². The second kappa shape index (κ2) is 7.03. The average Bonchev–Trinajstić information content (AvgIpc) is 2.49. The van der Waals surface area contributed by atoms with Crippen LogP contribution in [0.3, 0.4) is 0 Å². The topological polar surface area (TPSA) is 48.5 Å². The van der Waals surface area contributed by atoms with Crippen LogP contribution in [0.5, 0.6) is 0 Å². The number of benzene rings is 2. The molecule has 5 heteroatoms. The van der Waals surface area contributed by atoms with Crippen LogP contribution in [-0.4, -0.2) is 10.9 Å². The van der Waals surface area contributed by atoms with Gasteiger partial charge in [-0.1, -0.05) is 65.7 Å². The van der Waals surface area contributed by atoms with Gasteiger partial charge in [0, 0.05) is 11.1 Å². The molecular weight excluding hydrogens is 305 g/mol. The number of nitriles is 1. The molecule has 0 aliphatic carbocycles. The molecule has 0 atom stereocenters. The lowest BCUT2D eigenvalue weighted by molar-refractivity contribution is 1.24. The van der Waals surface area contributed by atoms with E-state index in [4.69, 9.17) is 23.2 Å². The maximum absolute atomic E-state index is 9.19. The van der Waals surface area contributed by atoms with E-state index in [0.717, 1.165) is 11.1 Å². The van der Waals surface area contributed by atoms with Gasteiger partial charge in [0.25, 0.3) is 0 Å². The van der Waals surface area contributed by atoms with E-state index in [0.29, 0.717) is 10.6 Å². The predicted octanol–water partition coefficient (Wildman–Crippen LogP) is 4.56. The summed E-state index contributed by atoms with van der Waals surface area (Å²) in [7, 11) is 0. The molecule has 2 aromatic carbocycles. The highest BCUT2D eigenvalue weighted by atomic mass is 35.5. The third-order valence-corrected chi connectivity index (χ3v) is 3.45. The maximum Gasteiger partial charge on any atom is 0.171 e. The first kappa shape index (κ1) is 15.2. The molecule has 2 aromatic rings. The molecule has 0 saturated carbocycles. The van der Waals surface area contributed by atoms with Gasteiger partial charge in [-0.05, 0) is 18.6 Å². The van der Waals surface area contributed by atoms with Crippen molar-refractivity contribution in [3.8, 4) is 6.07 Å². The van der Waals surface area contributed by atoms with E-state index in [-0.39, 0.29) is 10.9 Å². The van der Waals surface area contributed by atoms with Crippen molar-refractivity contribution in [2.75, 3.05) is 0 Å².